The van der Waals surface area contributed by atoms with Gasteiger partial charge in [0.1, 0.15) is 0 Å². The van der Waals surface area contributed by atoms with Gasteiger partial charge < -0.3 is 9.72 Å². The summed E-state index contributed by atoms with van der Waals surface area (Å²) in [6.45, 7) is 6.49. The van der Waals surface area contributed by atoms with E-state index in [2.05, 4.69) is 9.97 Å². The second-order valence-electron chi connectivity index (χ2n) is 7.98. The summed E-state index contributed by atoms with van der Waals surface area (Å²) < 4.78 is 5.56. The maximum Gasteiger partial charge on any atom is 0.339 e. The normalized spacial score (nSPS) is 14.5. The molecular weight excluding hydrogens is 380 g/mol. The van der Waals surface area contributed by atoms with Crippen LogP contribution in [0.25, 0.3) is 10.9 Å². The molecule has 0 radical (unpaired) electrons. The van der Waals surface area contributed by atoms with Crippen LogP contribution in [-0.2, 0) is 4.74 Å². The number of aromatic nitrogens is 2. The van der Waals surface area contributed by atoms with Crippen LogP contribution in [0.15, 0.2) is 30.3 Å². The minimum atomic E-state index is -0.995. The number of esters is 1. The van der Waals surface area contributed by atoms with Crippen molar-refractivity contribution in [1.29, 1.82) is 0 Å². The molecule has 1 aliphatic rings. The fourth-order valence-corrected chi connectivity index (χ4v) is 3.96. The molecule has 0 bridgehead atoms. The second kappa shape index (κ2) is 7.52. The van der Waals surface area contributed by atoms with Crippen molar-refractivity contribution in [1.82, 2.24) is 9.97 Å². The van der Waals surface area contributed by atoms with Crippen LogP contribution in [0.5, 0.6) is 0 Å². The largest absolute Gasteiger partial charge is 0.451 e. The zero-order chi connectivity index (χ0) is 21.6. The minimum Gasteiger partial charge on any atom is -0.451 e. The molecule has 1 fully saturated rings. The molecule has 154 valence electrons. The molecule has 6 nitrogen and oxygen atoms in total. The number of carbonyl (C=O) groups is 3. The number of para-hydroxylation sites is 1. The molecule has 2 heterocycles. The number of nitrogens with one attached hydrogen (secondary N) is 1. The minimum absolute atomic E-state index is 0.110. The van der Waals surface area contributed by atoms with Crippen LogP contribution in [0.2, 0.25) is 0 Å². The van der Waals surface area contributed by atoms with Crippen LogP contribution in [0.3, 0.4) is 0 Å². The Hall–Kier alpha value is -3.28. The number of hydrogen-bond donors (Lipinski definition) is 1. The highest BCUT2D eigenvalue weighted by Crippen LogP contribution is 2.40. The van der Waals surface area contributed by atoms with E-state index in [4.69, 9.17) is 4.74 Å². The summed E-state index contributed by atoms with van der Waals surface area (Å²) >= 11 is 0. The van der Waals surface area contributed by atoms with Crippen LogP contribution < -0.4 is 0 Å². The van der Waals surface area contributed by atoms with E-state index in [9.17, 15) is 14.4 Å². The van der Waals surface area contributed by atoms with Gasteiger partial charge in [0.2, 0.25) is 5.78 Å². The first kappa shape index (κ1) is 20.0. The molecule has 30 heavy (non-hydrogen) atoms. The molecular formula is C24H24N2O4. The zero-order valence-corrected chi connectivity index (χ0v) is 17.5. The Balaban J connectivity index is 1.62. The zero-order valence-electron chi connectivity index (χ0n) is 17.5. The Labute approximate surface area is 174 Å². The van der Waals surface area contributed by atoms with E-state index in [-0.39, 0.29) is 11.6 Å². The Morgan fingerprint density at radius 2 is 1.87 bits per heavy atom. The van der Waals surface area contributed by atoms with Crippen LogP contribution in [0, 0.1) is 13.8 Å². The lowest BCUT2D eigenvalue weighted by atomic mass is 10.0. The van der Waals surface area contributed by atoms with Gasteiger partial charge in [0, 0.05) is 28.3 Å². The van der Waals surface area contributed by atoms with Crippen molar-refractivity contribution in [3.05, 3.63) is 64.1 Å². The van der Waals surface area contributed by atoms with Crippen LogP contribution in [0.4, 0.5) is 0 Å². The predicted octanol–water partition coefficient (Wildman–Crippen LogP) is 4.69. The first-order valence-corrected chi connectivity index (χ1v) is 10.1. The van der Waals surface area contributed by atoms with Gasteiger partial charge >= 0.3 is 5.97 Å². The Bertz CT molecular complexity index is 1190. The molecule has 1 N–H and O–H groups in total. The van der Waals surface area contributed by atoms with Crippen molar-refractivity contribution in [2.24, 2.45) is 0 Å². The van der Waals surface area contributed by atoms with E-state index in [0.717, 1.165) is 24.1 Å². The van der Waals surface area contributed by atoms with Crippen molar-refractivity contribution in [3.63, 3.8) is 0 Å². The number of ketones is 2. The third-order valence-electron chi connectivity index (χ3n) is 5.64. The van der Waals surface area contributed by atoms with Gasteiger partial charge in [-0.15, -0.1) is 0 Å². The fraction of sp³-hybridized carbons (Fsp3) is 0.333. The first-order chi connectivity index (χ1) is 14.3. The average Bonchev–Trinajstić information content (AvgIpc) is 3.51. The molecule has 0 amide bonds. The topological polar surface area (TPSA) is 89.1 Å². The highest BCUT2D eigenvalue weighted by molar-refractivity contribution is 6.07. The summed E-state index contributed by atoms with van der Waals surface area (Å²) in [5.41, 5.74) is 4.08. The van der Waals surface area contributed by atoms with Crippen molar-refractivity contribution < 1.29 is 19.1 Å². The number of aryl methyl sites for hydroxylation is 1. The lowest BCUT2D eigenvalue weighted by Gasteiger charge is -2.14. The lowest BCUT2D eigenvalue weighted by Crippen LogP contribution is -2.25. The molecule has 1 aromatic carbocycles. The molecule has 1 atom stereocenters. The van der Waals surface area contributed by atoms with Crippen LogP contribution in [0.1, 0.15) is 80.8 Å². The van der Waals surface area contributed by atoms with E-state index in [1.165, 1.54) is 6.92 Å². The van der Waals surface area contributed by atoms with Gasteiger partial charge in [-0.2, -0.15) is 0 Å². The number of fused-ring (bicyclic) bond motifs is 1. The third kappa shape index (κ3) is 3.54. The molecule has 1 unspecified atom stereocenters. The van der Waals surface area contributed by atoms with Gasteiger partial charge in [-0.25, -0.2) is 4.79 Å². The van der Waals surface area contributed by atoms with Gasteiger partial charge in [0.15, 0.2) is 11.9 Å². The maximum atomic E-state index is 13.0. The Kier molecular flexibility index (Phi) is 5.02. The highest BCUT2D eigenvalue weighted by atomic mass is 16.5. The van der Waals surface area contributed by atoms with Crippen molar-refractivity contribution in [2.45, 2.75) is 52.6 Å². The number of aromatic amines is 1. The smallest absolute Gasteiger partial charge is 0.339 e. The van der Waals surface area contributed by atoms with Gasteiger partial charge in [-0.1, -0.05) is 18.2 Å². The second-order valence-corrected chi connectivity index (χ2v) is 7.98. The first-order valence-electron chi connectivity index (χ1n) is 10.1. The molecule has 1 aliphatic carbocycles. The van der Waals surface area contributed by atoms with Crippen molar-refractivity contribution in [2.75, 3.05) is 0 Å². The molecule has 6 heteroatoms. The summed E-state index contributed by atoms with van der Waals surface area (Å²) in [7, 11) is 0. The van der Waals surface area contributed by atoms with Gasteiger partial charge in [-0.05, 0) is 58.2 Å². The van der Waals surface area contributed by atoms with Crippen molar-refractivity contribution >= 4 is 28.4 Å². The van der Waals surface area contributed by atoms with Gasteiger partial charge in [-0.3, -0.25) is 14.6 Å². The van der Waals surface area contributed by atoms with Crippen molar-refractivity contribution in [3.8, 4) is 0 Å². The molecule has 0 saturated heterocycles. The number of ether oxygens (including phenoxy) is 1. The summed E-state index contributed by atoms with van der Waals surface area (Å²) in [4.78, 5) is 45.4. The predicted molar refractivity (Wildman–Crippen MR) is 113 cm³/mol. The molecule has 0 aliphatic heterocycles. The number of hydrogen-bond acceptors (Lipinski definition) is 5. The summed E-state index contributed by atoms with van der Waals surface area (Å²) in [5.74, 6) is -0.642. The fourth-order valence-electron chi connectivity index (χ4n) is 3.96. The number of rotatable bonds is 6. The monoisotopic (exact) mass is 404 g/mol. The van der Waals surface area contributed by atoms with Gasteiger partial charge in [0.25, 0.3) is 0 Å². The number of pyridine rings is 1. The quantitative estimate of drug-likeness (QED) is 0.476. The molecule has 3 aromatic rings. The molecule has 1 saturated carbocycles. The Morgan fingerprint density at radius 1 is 1.17 bits per heavy atom. The molecule has 4 rings (SSSR count). The Morgan fingerprint density at radius 3 is 2.50 bits per heavy atom. The van der Waals surface area contributed by atoms with Gasteiger partial charge in [0.05, 0.1) is 16.8 Å². The number of carbonyl (C=O) groups excluding carboxylic acids is 3. The van der Waals surface area contributed by atoms with Crippen LogP contribution in [-0.4, -0.2) is 33.6 Å². The highest BCUT2D eigenvalue weighted by Gasteiger charge is 2.29. The van der Waals surface area contributed by atoms with E-state index in [0.29, 0.717) is 39.4 Å². The molecule has 2 aromatic heterocycles. The standard InChI is InChI=1S/C24H24N2O4/c1-12-21(14(3)27)13(2)25-22(12)23(28)15(4)30-24(29)18-11-20(16-9-10-16)26-19-8-6-5-7-17(18)19/h5-8,11,15-16,25H,9-10H2,1-4H3. The van der Waals surface area contributed by atoms with E-state index >= 15 is 0 Å². The molecule has 0 spiro atoms. The number of H-pyrrole nitrogens is 1. The SMILES string of the molecule is CC(=O)c1c(C)[nH]c(C(=O)C(C)OC(=O)c2cc(C3CC3)nc3ccccc23)c1C. The summed E-state index contributed by atoms with van der Waals surface area (Å²) in [5, 5.41) is 0.706. The average molecular weight is 404 g/mol. The maximum absolute atomic E-state index is 13.0. The van der Waals surface area contributed by atoms with Crippen LogP contribution >= 0.6 is 0 Å². The summed E-state index contributed by atoms with van der Waals surface area (Å²) in [6.07, 6.45) is 1.14. The van der Waals surface area contributed by atoms with E-state index in [1.807, 2.05) is 24.3 Å². The number of Topliss-reactive ketones (excluding diaryl/α,β-unsaturated/α-hetero) is 2. The van der Waals surface area contributed by atoms with E-state index in [1.54, 1.807) is 26.8 Å². The van der Waals surface area contributed by atoms with E-state index < -0.39 is 12.1 Å². The summed E-state index contributed by atoms with van der Waals surface area (Å²) in [6, 6.07) is 9.23. The number of nitrogens with zero attached hydrogens (tertiary/aromatic N) is 1. The third-order valence-corrected chi connectivity index (χ3v) is 5.64. The lowest BCUT2D eigenvalue weighted by molar-refractivity contribution is 0.0318. The number of benzene rings is 1.